The molecule has 0 N–H and O–H groups in total. The second-order valence-electron chi connectivity index (χ2n) is 3.96. The molecule has 0 heterocycles. The van der Waals surface area contributed by atoms with Gasteiger partial charge in [-0.3, -0.25) is 0 Å². The van der Waals surface area contributed by atoms with E-state index in [1.807, 2.05) is 13.8 Å². The smallest absolute Gasteiger partial charge is 0.0118 e. The van der Waals surface area contributed by atoms with Gasteiger partial charge in [0.1, 0.15) is 0 Å². The van der Waals surface area contributed by atoms with Gasteiger partial charge in [-0.1, -0.05) is 34.1 Å². The van der Waals surface area contributed by atoms with Gasteiger partial charge in [0.05, 0.1) is 0 Å². The predicted octanol–water partition coefficient (Wildman–Crippen LogP) is 3.54. The van der Waals surface area contributed by atoms with Crippen molar-refractivity contribution in [2.75, 3.05) is 13.6 Å². The van der Waals surface area contributed by atoms with Crippen molar-refractivity contribution in [1.29, 1.82) is 0 Å². The van der Waals surface area contributed by atoms with Gasteiger partial charge < -0.3 is 4.90 Å². The van der Waals surface area contributed by atoms with Crippen LogP contribution in [-0.4, -0.2) is 24.5 Å². The van der Waals surface area contributed by atoms with Gasteiger partial charge in [-0.05, 0) is 38.8 Å². The Hall–Kier alpha value is -0.0400. The third-order valence-electron chi connectivity index (χ3n) is 2.96. The molecule has 0 saturated heterocycles. The van der Waals surface area contributed by atoms with Crippen LogP contribution in [0.15, 0.2) is 0 Å². The summed E-state index contributed by atoms with van der Waals surface area (Å²) in [5, 5.41) is 0. The van der Waals surface area contributed by atoms with Crippen molar-refractivity contribution in [3.63, 3.8) is 0 Å². The first-order valence-corrected chi connectivity index (χ1v) is 5.96. The normalized spacial score (nSPS) is 27.2. The van der Waals surface area contributed by atoms with Gasteiger partial charge in [0, 0.05) is 6.04 Å². The van der Waals surface area contributed by atoms with Crippen LogP contribution < -0.4 is 0 Å². The van der Waals surface area contributed by atoms with E-state index in [2.05, 4.69) is 25.8 Å². The lowest BCUT2D eigenvalue weighted by molar-refractivity contribution is 0.206. The average Bonchev–Trinajstić information content (AvgIpc) is 2.55. The molecule has 1 saturated carbocycles. The molecule has 0 aromatic heterocycles. The summed E-state index contributed by atoms with van der Waals surface area (Å²) in [5.41, 5.74) is 0. The van der Waals surface area contributed by atoms with Crippen LogP contribution in [0.25, 0.3) is 0 Å². The van der Waals surface area contributed by atoms with Crippen molar-refractivity contribution in [3.05, 3.63) is 0 Å². The number of rotatable bonds is 3. The third-order valence-corrected chi connectivity index (χ3v) is 2.96. The van der Waals surface area contributed by atoms with E-state index < -0.39 is 0 Å². The lowest BCUT2D eigenvalue weighted by Gasteiger charge is -2.27. The van der Waals surface area contributed by atoms with Crippen molar-refractivity contribution in [2.45, 2.75) is 59.4 Å². The summed E-state index contributed by atoms with van der Waals surface area (Å²) in [7, 11) is 2.27. The molecule has 1 nitrogen and oxygen atoms in total. The maximum Gasteiger partial charge on any atom is 0.0118 e. The van der Waals surface area contributed by atoms with Crippen LogP contribution in [-0.2, 0) is 0 Å². The van der Waals surface area contributed by atoms with Crippen molar-refractivity contribution in [3.8, 4) is 0 Å². The van der Waals surface area contributed by atoms with E-state index in [1.54, 1.807) is 0 Å². The van der Waals surface area contributed by atoms with Crippen molar-refractivity contribution < 1.29 is 0 Å². The number of hydrogen-bond acceptors (Lipinski definition) is 1. The molecule has 0 radical (unpaired) electrons. The second kappa shape index (κ2) is 7.37. The fourth-order valence-electron chi connectivity index (χ4n) is 2.30. The molecule has 1 rings (SSSR count). The molecule has 1 aliphatic rings. The van der Waals surface area contributed by atoms with Crippen LogP contribution >= 0.6 is 0 Å². The van der Waals surface area contributed by atoms with Gasteiger partial charge in [0.25, 0.3) is 0 Å². The molecule has 13 heavy (non-hydrogen) atoms. The minimum absolute atomic E-state index is 0.884. The monoisotopic (exact) mass is 185 g/mol. The molecule has 0 spiro atoms. The van der Waals surface area contributed by atoms with Crippen LogP contribution in [0, 0.1) is 5.92 Å². The molecule has 0 amide bonds. The van der Waals surface area contributed by atoms with E-state index in [0.717, 1.165) is 12.0 Å². The Kier molecular flexibility index (Phi) is 7.35. The Bertz CT molecular complexity index is 112. The van der Waals surface area contributed by atoms with Gasteiger partial charge in [-0.25, -0.2) is 0 Å². The largest absolute Gasteiger partial charge is 0.303 e. The molecule has 0 bridgehead atoms. The molecular weight excluding hydrogens is 158 g/mol. The molecule has 0 aliphatic heterocycles. The van der Waals surface area contributed by atoms with Crippen LogP contribution in [0.3, 0.4) is 0 Å². The molecule has 0 aromatic carbocycles. The van der Waals surface area contributed by atoms with E-state index in [4.69, 9.17) is 0 Å². The number of nitrogens with zero attached hydrogens (tertiary/aromatic N) is 1. The van der Waals surface area contributed by atoms with Gasteiger partial charge in [-0.15, -0.1) is 0 Å². The zero-order valence-electron chi connectivity index (χ0n) is 10.1. The third kappa shape index (κ3) is 4.12. The lowest BCUT2D eigenvalue weighted by Crippen LogP contribution is -2.33. The Morgan fingerprint density at radius 1 is 1.23 bits per heavy atom. The number of hydrogen-bond donors (Lipinski definition) is 0. The summed E-state index contributed by atoms with van der Waals surface area (Å²) in [6.07, 6.45) is 5.61. The zero-order chi connectivity index (χ0) is 10.3. The maximum atomic E-state index is 2.54. The highest BCUT2D eigenvalue weighted by Crippen LogP contribution is 2.28. The van der Waals surface area contributed by atoms with Crippen molar-refractivity contribution in [1.82, 2.24) is 4.90 Å². The summed E-state index contributed by atoms with van der Waals surface area (Å²) in [6, 6.07) is 0.884. The van der Waals surface area contributed by atoms with Crippen LogP contribution in [0.5, 0.6) is 0 Å². The first-order chi connectivity index (χ1) is 6.25. The predicted molar refractivity (Wildman–Crippen MR) is 61.1 cm³/mol. The molecule has 1 aliphatic carbocycles. The topological polar surface area (TPSA) is 3.24 Å². The average molecular weight is 185 g/mol. The minimum atomic E-state index is 0.884. The zero-order valence-corrected chi connectivity index (χ0v) is 10.1. The SMILES string of the molecule is CC.CCCN(C)C1CCCC1C. The highest BCUT2D eigenvalue weighted by atomic mass is 15.1. The standard InChI is InChI=1S/C10H21N.C2H6/c1-4-8-11(3)10-7-5-6-9(10)2;1-2/h9-10H,4-8H2,1-3H3;1-2H3. The highest BCUT2D eigenvalue weighted by molar-refractivity contribution is 4.80. The van der Waals surface area contributed by atoms with E-state index in [9.17, 15) is 0 Å². The second-order valence-corrected chi connectivity index (χ2v) is 3.96. The maximum absolute atomic E-state index is 2.54. The molecular formula is C12H27N. The van der Waals surface area contributed by atoms with E-state index in [1.165, 1.54) is 32.2 Å². The minimum Gasteiger partial charge on any atom is -0.303 e. The van der Waals surface area contributed by atoms with Gasteiger partial charge >= 0.3 is 0 Å². The summed E-state index contributed by atoms with van der Waals surface area (Å²) in [6.45, 7) is 9.93. The summed E-state index contributed by atoms with van der Waals surface area (Å²) >= 11 is 0. The van der Waals surface area contributed by atoms with Crippen molar-refractivity contribution in [2.24, 2.45) is 5.92 Å². The van der Waals surface area contributed by atoms with Gasteiger partial charge in [-0.2, -0.15) is 0 Å². The lowest BCUT2D eigenvalue weighted by atomic mass is 10.1. The quantitative estimate of drug-likeness (QED) is 0.650. The fraction of sp³-hybridized carbons (Fsp3) is 1.00. The fourth-order valence-corrected chi connectivity index (χ4v) is 2.30. The first kappa shape index (κ1) is 13.0. The molecule has 1 heteroatoms. The first-order valence-electron chi connectivity index (χ1n) is 5.96. The van der Waals surface area contributed by atoms with E-state index >= 15 is 0 Å². The molecule has 0 aromatic rings. The van der Waals surface area contributed by atoms with Crippen LogP contribution in [0.1, 0.15) is 53.4 Å². The molecule has 2 unspecified atom stereocenters. The molecule has 2 atom stereocenters. The van der Waals surface area contributed by atoms with Gasteiger partial charge in [0.15, 0.2) is 0 Å². The summed E-state index contributed by atoms with van der Waals surface area (Å²) < 4.78 is 0. The Morgan fingerprint density at radius 3 is 2.23 bits per heavy atom. The Morgan fingerprint density at radius 2 is 1.85 bits per heavy atom. The van der Waals surface area contributed by atoms with Gasteiger partial charge in [0.2, 0.25) is 0 Å². The summed E-state index contributed by atoms with van der Waals surface area (Å²) in [4.78, 5) is 2.54. The Balaban J connectivity index is 0.000000671. The van der Waals surface area contributed by atoms with Crippen molar-refractivity contribution >= 4 is 0 Å². The van der Waals surface area contributed by atoms with Crippen LogP contribution in [0.4, 0.5) is 0 Å². The molecule has 80 valence electrons. The van der Waals surface area contributed by atoms with E-state index in [0.29, 0.717) is 0 Å². The Labute approximate surface area is 84.5 Å². The van der Waals surface area contributed by atoms with Crippen LogP contribution in [0.2, 0.25) is 0 Å². The highest BCUT2D eigenvalue weighted by Gasteiger charge is 2.25. The summed E-state index contributed by atoms with van der Waals surface area (Å²) in [5.74, 6) is 0.937. The molecule has 1 fully saturated rings. The van der Waals surface area contributed by atoms with E-state index in [-0.39, 0.29) is 0 Å².